The van der Waals surface area contributed by atoms with Gasteiger partial charge in [-0.15, -0.1) is 5.25 Å². The maximum absolute atomic E-state index is 4.76. The Hall–Kier alpha value is 0.0200. The summed E-state index contributed by atoms with van der Waals surface area (Å²) >= 11 is 4.76. The first-order valence-electron chi connectivity index (χ1n) is 1.71. The Morgan fingerprint density at radius 3 is 3.00 bits per heavy atom. The van der Waals surface area contributed by atoms with Gasteiger partial charge in [-0.2, -0.15) is 0 Å². The Bertz CT molecular complexity index is 122. The quantitative estimate of drug-likeness (QED) is 0.500. The molecule has 1 N–H and O–H groups in total. The zero-order valence-corrected chi connectivity index (χ0v) is 5.13. The van der Waals surface area contributed by atoms with Gasteiger partial charge in [-0.1, -0.05) is 0 Å². The summed E-state index contributed by atoms with van der Waals surface area (Å²) in [6.45, 7) is 0. The van der Waals surface area contributed by atoms with E-state index < -0.39 is 0 Å². The molecule has 1 radical (unpaired) electrons. The lowest BCUT2D eigenvalue weighted by atomic mass is 10.7. The van der Waals surface area contributed by atoms with Crippen LogP contribution in [0.4, 0.5) is 0 Å². The molecular weight excluding hydrogens is 129 g/mol. The summed E-state index contributed by atoms with van der Waals surface area (Å²) in [7, 11) is 0.869. The number of rotatable bonds is 0. The number of hydrogen-bond acceptors (Lipinski definition) is 2. The lowest BCUT2D eigenvalue weighted by Gasteiger charge is -1.99. The summed E-state index contributed by atoms with van der Waals surface area (Å²) in [5, 5.41) is 2.58. The van der Waals surface area contributed by atoms with Crippen LogP contribution < -0.4 is 5.25 Å². The fraction of sp³-hybridized carbons (Fsp3) is 0. The normalized spacial score (nSPS) is 20.4. The molecule has 0 saturated carbocycles. The molecule has 1 aliphatic rings. The third kappa shape index (κ3) is 1.51. The van der Waals surface area contributed by atoms with E-state index in [2.05, 4.69) is 10.1 Å². The lowest BCUT2D eigenvalue weighted by Crippen LogP contribution is -1.99. The molecule has 0 aromatic heterocycles. The highest BCUT2D eigenvalue weighted by Gasteiger charge is 1.88. The van der Waals surface area contributed by atoms with Crippen molar-refractivity contribution in [2.45, 2.75) is 0 Å². The summed E-state index contributed by atoms with van der Waals surface area (Å²) in [6, 6.07) is 0. The highest BCUT2D eigenvalue weighted by Crippen LogP contribution is 2.03. The van der Waals surface area contributed by atoms with Crippen LogP contribution in [-0.2, 0) is 4.84 Å². The molecule has 0 atom stereocenters. The van der Waals surface area contributed by atoms with E-state index in [1.54, 1.807) is 6.08 Å². The Morgan fingerprint density at radius 1 is 1.86 bits per heavy atom. The molecule has 0 saturated heterocycles. The van der Waals surface area contributed by atoms with Crippen molar-refractivity contribution in [3.05, 3.63) is 12.3 Å². The first kappa shape index (κ1) is 5.16. The third-order valence-electron chi connectivity index (χ3n) is 0.487. The number of hydrogen-bond donors (Lipinski definition) is 1. The molecule has 0 aromatic rings. The van der Waals surface area contributed by atoms with E-state index in [1.165, 1.54) is 6.26 Å². The van der Waals surface area contributed by atoms with E-state index in [0.29, 0.717) is 0 Å². The fourth-order valence-corrected chi connectivity index (χ4v) is 0.738. The van der Waals surface area contributed by atoms with E-state index in [-0.39, 0.29) is 0 Å². The number of nitrogens with one attached hydrogen (secondary N) is 1. The minimum atomic E-state index is 0.853. The van der Waals surface area contributed by atoms with Crippen molar-refractivity contribution in [3.8, 4) is 0 Å². The summed E-state index contributed by atoms with van der Waals surface area (Å²) in [5.41, 5.74) is 0. The van der Waals surface area contributed by atoms with Crippen molar-refractivity contribution in [1.82, 2.24) is 5.25 Å². The molecule has 4 heteroatoms. The topological polar surface area (TPSA) is 21.3 Å². The molecule has 0 fully saturated rings. The second-order valence-electron chi connectivity index (χ2n) is 0.962. The van der Waals surface area contributed by atoms with Gasteiger partial charge in [0.15, 0.2) is 0 Å². The van der Waals surface area contributed by atoms with E-state index in [4.69, 9.17) is 12.6 Å². The van der Waals surface area contributed by atoms with Gasteiger partial charge < -0.3 is 4.84 Å². The molecule has 7 heavy (non-hydrogen) atoms. The van der Waals surface area contributed by atoms with Crippen LogP contribution in [0, 0.1) is 0 Å². The standard InChI is InChI=1S/C3H3NOPS/c7-3-1-2-5-4-6-3/h1-2,4H. The van der Waals surface area contributed by atoms with Crippen molar-refractivity contribution in [2.75, 3.05) is 0 Å². The summed E-state index contributed by atoms with van der Waals surface area (Å²) in [5.74, 6) is 0. The average molecular weight is 132 g/mol. The van der Waals surface area contributed by atoms with Crippen molar-refractivity contribution in [1.29, 1.82) is 0 Å². The van der Waals surface area contributed by atoms with Gasteiger partial charge in [-0.25, -0.2) is 0 Å². The van der Waals surface area contributed by atoms with Gasteiger partial charge in [0.1, 0.15) is 6.26 Å². The van der Waals surface area contributed by atoms with E-state index in [1.807, 2.05) is 0 Å². The highest BCUT2D eigenvalue weighted by molar-refractivity contribution is 8.03. The molecule has 0 bridgehead atoms. The van der Waals surface area contributed by atoms with Crippen LogP contribution in [-0.4, -0.2) is 4.63 Å². The maximum Gasteiger partial charge on any atom is 0.113 e. The van der Waals surface area contributed by atoms with Crippen LogP contribution in [0.1, 0.15) is 0 Å². The van der Waals surface area contributed by atoms with Crippen molar-refractivity contribution in [3.63, 3.8) is 0 Å². The first-order valence-corrected chi connectivity index (χ1v) is 3.02. The molecule has 0 amide bonds. The fourth-order valence-electron chi connectivity index (χ4n) is 0.231. The summed E-state index contributed by atoms with van der Waals surface area (Å²) < 4.78 is 0.853. The predicted octanol–water partition coefficient (Wildman–Crippen LogP) is 1.22. The molecule has 37 valence electrons. The van der Waals surface area contributed by atoms with Crippen molar-refractivity contribution < 1.29 is 4.84 Å². The van der Waals surface area contributed by atoms with Gasteiger partial charge >= 0.3 is 0 Å². The van der Waals surface area contributed by atoms with Crippen molar-refractivity contribution in [2.24, 2.45) is 0 Å². The zero-order valence-electron chi connectivity index (χ0n) is 3.42. The largest absolute Gasteiger partial charge is 0.408 e. The molecule has 1 heterocycles. The van der Waals surface area contributed by atoms with E-state index >= 15 is 0 Å². The molecule has 0 spiro atoms. The Morgan fingerprint density at radius 2 is 2.71 bits per heavy atom. The molecule has 1 rings (SSSR count). The summed E-state index contributed by atoms with van der Waals surface area (Å²) in [6.07, 6.45) is 3.27. The summed E-state index contributed by atoms with van der Waals surface area (Å²) in [4.78, 5) is 4.61. The van der Waals surface area contributed by atoms with Gasteiger partial charge in [-0.05, 0) is 18.7 Å². The van der Waals surface area contributed by atoms with Crippen LogP contribution >= 0.6 is 21.0 Å². The molecular formula is C3H3NOPS. The third-order valence-corrected chi connectivity index (χ3v) is 1.46. The SMILES string of the molecule is [S]C1=PNOC=C1. The lowest BCUT2D eigenvalue weighted by molar-refractivity contribution is 0.212. The van der Waals surface area contributed by atoms with Gasteiger partial charge in [0.25, 0.3) is 0 Å². The Kier molecular flexibility index (Phi) is 1.74. The Balaban J connectivity index is 2.58. The smallest absolute Gasteiger partial charge is 0.113 e. The van der Waals surface area contributed by atoms with Crippen LogP contribution in [0.25, 0.3) is 0 Å². The average Bonchev–Trinajstić information content (AvgIpc) is 1.69. The van der Waals surface area contributed by atoms with Crippen LogP contribution in [0.15, 0.2) is 12.3 Å². The molecule has 2 nitrogen and oxygen atoms in total. The van der Waals surface area contributed by atoms with Crippen molar-refractivity contribution >= 4 is 25.6 Å². The maximum atomic E-state index is 4.76. The van der Waals surface area contributed by atoms with E-state index in [9.17, 15) is 0 Å². The zero-order chi connectivity index (χ0) is 5.11. The Labute approximate surface area is 48.8 Å². The van der Waals surface area contributed by atoms with Gasteiger partial charge in [0.2, 0.25) is 0 Å². The molecule has 1 aliphatic heterocycles. The minimum absolute atomic E-state index is 0.853. The first-order chi connectivity index (χ1) is 3.39. The van der Waals surface area contributed by atoms with E-state index in [0.717, 1.165) is 13.0 Å². The minimum Gasteiger partial charge on any atom is -0.408 e. The molecule has 0 unspecified atom stereocenters. The predicted molar refractivity (Wildman–Crippen MR) is 32.9 cm³/mol. The van der Waals surface area contributed by atoms with Crippen LogP contribution in [0.3, 0.4) is 0 Å². The van der Waals surface area contributed by atoms with Gasteiger partial charge in [0.05, 0.1) is 4.63 Å². The van der Waals surface area contributed by atoms with Crippen LogP contribution in [0.5, 0.6) is 0 Å². The monoisotopic (exact) mass is 132 g/mol. The van der Waals surface area contributed by atoms with Gasteiger partial charge in [0, 0.05) is 8.35 Å². The second kappa shape index (κ2) is 2.36. The molecule has 0 aliphatic carbocycles. The molecule has 0 aromatic carbocycles. The van der Waals surface area contributed by atoms with Crippen LogP contribution in [0.2, 0.25) is 0 Å². The second-order valence-corrected chi connectivity index (χ2v) is 2.59. The van der Waals surface area contributed by atoms with Gasteiger partial charge in [-0.3, -0.25) is 0 Å². The highest BCUT2D eigenvalue weighted by atomic mass is 32.1.